The molecule has 1 heterocycles. The van der Waals surface area contributed by atoms with Crippen LogP contribution in [0.1, 0.15) is 49.7 Å². The Hall–Kier alpha value is -1.35. The molecule has 2 nitrogen and oxygen atoms in total. The van der Waals surface area contributed by atoms with Gasteiger partial charge in [-0.1, -0.05) is 41.6 Å². The van der Waals surface area contributed by atoms with E-state index in [-0.39, 0.29) is 0 Å². The summed E-state index contributed by atoms with van der Waals surface area (Å²) in [6.45, 7) is 0.907. The SMILES string of the molecule is COc1ccc(C[n+]2cccc(CCCCCCCCBr)c2)cc1. The van der Waals surface area contributed by atoms with E-state index in [1.807, 2.05) is 12.1 Å². The molecule has 3 heteroatoms. The summed E-state index contributed by atoms with van der Waals surface area (Å²) in [5, 5.41) is 1.14. The molecule has 0 fully saturated rings. The number of aromatic nitrogens is 1. The van der Waals surface area contributed by atoms with E-state index in [1.54, 1.807) is 7.11 Å². The molecular weight excluding hydrogens is 362 g/mol. The molecule has 1 aromatic heterocycles. The van der Waals surface area contributed by atoms with Gasteiger partial charge < -0.3 is 4.74 Å². The number of alkyl halides is 1. The van der Waals surface area contributed by atoms with E-state index in [4.69, 9.17) is 4.74 Å². The van der Waals surface area contributed by atoms with E-state index in [2.05, 4.69) is 57.2 Å². The first-order chi connectivity index (χ1) is 11.8. The van der Waals surface area contributed by atoms with E-state index in [9.17, 15) is 0 Å². The second kappa shape index (κ2) is 11.2. The van der Waals surface area contributed by atoms with Gasteiger partial charge in [-0.05, 0) is 49.6 Å². The number of hydrogen-bond donors (Lipinski definition) is 0. The summed E-state index contributed by atoms with van der Waals surface area (Å²) in [6.07, 6.45) is 13.7. The highest BCUT2D eigenvalue weighted by molar-refractivity contribution is 9.09. The number of pyridine rings is 1. The van der Waals surface area contributed by atoms with Crippen LogP contribution in [-0.2, 0) is 13.0 Å². The number of aryl methyl sites for hydroxylation is 1. The van der Waals surface area contributed by atoms with Crippen LogP contribution in [0.3, 0.4) is 0 Å². The summed E-state index contributed by atoms with van der Waals surface area (Å²) in [5.74, 6) is 0.911. The highest BCUT2D eigenvalue weighted by Crippen LogP contribution is 2.12. The Kier molecular flexibility index (Phi) is 8.90. The van der Waals surface area contributed by atoms with E-state index in [0.29, 0.717) is 0 Å². The number of halogens is 1. The van der Waals surface area contributed by atoms with Crippen LogP contribution in [0.5, 0.6) is 5.75 Å². The molecule has 1 aromatic carbocycles. The van der Waals surface area contributed by atoms with Crippen molar-refractivity contribution in [2.24, 2.45) is 0 Å². The molecule has 0 bridgehead atoms. The van der Waals surface area contributed by atoms with Crippen LogP contribution in [-0.4, -0.2) is 12.4 Å². The maximum atomic E-state index is 5.22. The van der Waals surface area contributed by atoms with Crippen molar-refractivity contribution in [1.82, 2.24) is 0 Å². The van der Waals surface area contributed by atoms with E-state index >= 15 is 0 Å². The van der Waals surface area contributed by atoms with Gasteiger partial charge in [0.05, 0.1) is 7.11 Å². The van der Waals surface area contributed by atoms with E-state index in [1.165, 1.54) is 56.1 Å². The second-order valence-corrected chi connectivity index (χ2v) is 7.09. The molecule has 0 aliphatic carbocycles. The van der Waals surface area contributed by atoms with Gasteiger partial charge in [0.1, 0.15) is 5.75 Å². The van der Waals surface area contributed by atoms with Gasteiger partial charge in [-0.2, -0.15) is 0 Å². The Labute approximate surface area is 155 Å². The summed E-state index contributed by atoms with van der Waals surface area (Å²) >= 11 is 3.49. The largest absolute Gasteiger partial charge is 0.497 e. The summed E-state index contributed by atoms with van der Waals surface area (Å²) in [4.78, 5) is 0. The fraction of sp³-hybridized carbons (Fsp3) is 0.476. The number of rotatable bonds is 11. The van der Waals surface area contributed by atoms with Crippen molar-refractivity contribution in [1.29, 1.82) is 0 Å². The Balaban J connectivity index is 1.76. The Bertz CT molecular complexity index is 583. The molecule has 0 radical (unpaired) electrons. The predicted molar refractivity (Wildman–Crippen MR) is 104 cm³/mol. The summed E-state index contributed by atoms with van der Waals surface area (Å²) in [6, 6.07) is 12.7. The lowest BCUT2D eigenvalue weighted by molar-refractivity contribution is -0.688. The van der Waals surface area contributed by atoms with Crippen molar-refractivity contribution in [3.05, 3.63) is 59.9 Å². The van der Waals surface area contributed by atoms with Crippen molar-refractivity contribution in [3.8, 4) is 5.75 Å². The number of nitrogens with zero attached hydrogens (tertiary/aromatic N) is 1. The monoisotopic (exact) mass is 390 g/mol. The maximum absolute atomic E-state index is 5.22. The van der Waals surface area contributed by atoms with Crippen LogP contribution < -0.4 is 9.30 Å². The average Bonchev–Trinajstić information content (AvgIpc) is 2.62. The van der Waals surface area contributed by atoms with Gasteiger partial charge in [0.25, 0.3) is 0 Å². The zero-order chi connectivity index (χ0) is 17.0. The van der Waals surface area contributed by atoms with Gasteiger partial charge in [0.15, 0.2) is 18.9 Å². The third-order valence-corrected chi connectivity index (χ3v) is 4.85. The number of benzene rings is 1. The van der Waals surface area contributed by atoms with Crippen molar-refractivity contribution in [2.75, 3.05) is 12.4 Å². The lowest BCUT2D eigenvalue weighted by Gasteiger charge is -2.04. The summed E-state index contributed by atoms with van der Waals surface area (Å²) < 4.78 is 7.49. The van der Waals surface area contributed by atoms with Crippen molar-refractivity contribution < 1.29 is 9.30 Å². The molecule has 0 spiro atoms. The van der Waals surface area contributed by atoms with Gasteiger partial charge in [0, 0.05) is 22.5 Å². The molecule has 0 unspecified atom stereocenters. The van der Waals surface area contributed by atoms with Crippen molar-refractivity contribution in [3.63, 3.8) is 0 Å². The number of hydrogen-bond acceptors (Lipinski definition) is 1. The van der Waals surface area contributed by atoms with E-state index < -0.39 is 0 Å². The van der Waals surface area contributed by atoms with Crippen LogP contribution in [0.4, 0.5) is 0 Å². The molecule has 130 valence electrons. The molecule has 2 aromatic rings. The molecule has 0 atom stereocenters. The normalized spacial score (nSPS) is 10.8. The second-order valence-electron chi connectivity index (χ2n) is 6.29. The smallest absolute Gasteiger partial charge is 0.173 e. The molecule has 0 saturated heterocycles. The van der Waals surface area contributed by atoms with Gasteiger partial charge in [0.2, 0.25) is 0 Å². The van der Waals surface area contributed by atoms with Crippen molar-refractivity contribution in [2.45, 2.75) is 51.5 Å². The lowest BCUT2D eigenvalue weighted by atomic mass is 10.1. The number of methoxy groups -OCH3 is 1. The predicted octanol–water partition coefficient (Wildman–Crippen LogP) is 5.31. The van der Waals surface area contributed by atoms with Crippen LogP contribution >= 0.6 is 15.9 Å². The molecule has 0 aliphatic rings. The Morgan fingerprint density at radius 2 is 1.58 bits per heavy atom. The maximum Gasteiger partial charge on any atom is 0.173 e. The molecule has 0 N–H and O–H groups in total. The minimum absolute atomic E-state index is 0.907. The zero-order valence-corrected chi connectivity index (χ0v) is 16.3. The fourth-order valence-electron chi connectivity index (χ4n) is 2.89. The van der Waals surface area contributed by atoms with E-state index in [0.717, 1.165) is 17.6 Å². The molecule has 0 aliphatic heterocycles. The highest BCUT2D eigenvalue weighted by Gasteiger charge is 2.05. The Morgan fingerprint density at radius 3 is 2.29 bits per heavy atom. The van der Waals surface area contributed by atoms with Gasteiger partial charge in [-0.15, -0.1) is 0 Å². The van der Waals surface area contributed by atoms with Crippen LogP contribution in [0.25, 0.3) is 0 Å². The first kappa shape index (κ1) is 19.0. The third-order valence-electron chi connectivity index (χ3n) is 4.29. The molecular formula is C21H29BrNO+. The van der Waals surface area contributed by atoms with Gasteiger partial charge >= 0.3 is 0 Å². The lowest BCUT2D eigenvalue weighted by Crippen LogP contribution is -2.33. The standard InChI is InChI=1S/C21H29BrNO/c1-24-21-13-11-20(12-14-21)18-23-16-8-10-19(17-23)9-6-4-2-3-5-7-15-22/h8,10-14,16-17H,2-7,9,15,18H2,1H3/q+1. The molecule has 2 rings (SSSR count). The number of unbranched alkanes of at least 4 members (excludes halogenated alkanes) is 5. The number of ether oxygens (including phenoxy) is 1. The summed E-state index contributed by atoms with van der Waals surface area (Å²) in [5.41, 5.74) is 2.73. The minimum Gasteiger partial charge on any atom is -0.497 e. The van der Waals surface area contributed by atoms with Crippen LogP contribution in [0.15, 0.2) is 48.8 Å². The fourth-order valence-corrected chi connectivity index (χ4v) is 3.29. The van der Waals surface area contributed by atoms with Gasteiger partial charge in [-0.25, -0.2) is 4.57 Å². The molecule has 24 heavy (non-hydrogen) atoms. The van der Waals surface area contributed by atoms with Crippen molar-refractivity contribution >= 4 is 15.9 Å². The molecule has 0 saturated carbocycles. The topological polar surface area (TPSA) is 13.1 Å². The minimum atomic E-state index is 0.907. The zero-order valence-electron chi connectivity index (χ0n) is 14.7. The first-order valence-corrected chi connectivity index (χ1v) is 10.1. The quantitative estimate of drug-likeness (QED) is 0.288. The summed E-state index contributed by atoms with van der Waals surface area (Å²) in [7, 11) is 1.70. The Morgan fingerprint density at radius 1 is 0.875 bits per heavy atom. The molecule has 0 amide bonds. The van der Waals surface area contributed by atoms with Gasteiger partial charge in [-0.3, -0.25) is 0 Å². The van der Waals surface area contributed by atoms with Crippen LogP contribution in [0, 0.1) is 0 Å². The highest BCUT2D eigenvalue weighted by atomic mass is 79.9. The third kappa shape index (κ3) is 7.04. The van der Waals surface area contributed by atoms with Crippen LogP contribution in [0.2, 0.25) is 0 Å². The first-order valence-electron chi connectivity index (χ1n) is 8.98. The average molecular weight is 391 g/mol.